The molecular weight excluding hydrogens is 295 g/mol. The largest absolute Gasteiger partial charge is 0.417 e. The second-order valence-corrected chi connectivity index (χ2v) is 5.91. The number of aromatic amines is 1. The van der Waals surface area contributed by atoms with Crippen LogP contribution in [-0.4, -0.2) is 28.3 Å². The number of rotatable bonds is 2. The molecule has 0 amide bonds. The first-order valence-electron chi connectivity index (χ1n) is 7.02. The SMILES string of the molecule is Nc1cc([C@H]2[C@@H]3CN(c4ccc(C(F)(F)F)cn4)C[C@@H]32)n[nH]1. The van der Waals surface area contributed by atoms with Gasteiger partial charge < -0.3 is 10.6 Å². The van der Waals surface area contributed by atoms with Gasteiger partial charge in [-0.3, -0.25) is 5.10 Å². The van der Waals surface area contributed by atoms with Crippen LogP contribution in [0.25, 0.3) is 0 Å². The molecule has 3 heterocycles. The van der Waals surface area contributed by atoms with Crippen molar-refractivity contribution in [1.82, 2.24) is 15.2 Å². The fourth-order valence-electron chi connectivity index (χ4n) is 3.42. The quantitative estimate of drug-likeness (QED) is 0.892. The highest BCUT2D eigenvalue weighted by atomic mass is 19.4. The molecule has 0 aromatic carbocycles. The second-order valence-electron chi connectivity index (χ2n) is 5.91. The molecule has 2 aromatic heterocycles. The molecule has 1 saturated carbocycles. The van der Waals surface area contributed by atoms with Gasteiger partial charge in [0.15, 0.2) is 0 Å². The zero-order chi connectivity index (χ0) is 15.5. The number of piperidine rings is 1. The number of hydrogen-bond acceptors (Lipinski definition) is 4. The zero-order valence-corrected chi connectivity index (χ0v) is 11.5. The van der Waals surface area contributed by atoms with Gasteiger partial charge in [0.05, 0.1) is 11.3 Å². The van der Waals surface area contributed by atoms with Crippen molar-refractivity contribution in [3.8, 4) is 0 Å². The molecule has 0 bridgehead atoms. The summed E-state index contributed by atoms with van der Waals surface area (Å²) in [5.74, 6) is 2.51. The number of nitrogens with one attached hydrogen (secondary N) is 1. The number of nitrogen functional groups attached to an aromatic ring is 1. The number of fused-ring (bicyclic) bond motifs is 1. The third-order valence-electron chi connectivity index (χ3n) is 4.55. The van der Waals surface area contributed by atoms with Gasteiger partial charge in [-0.25, -0.2) is 4.98 Å². The first-order valence-corrected chi connectivity index (χ1v) is 7.02. The Morgan fingerprint density at radius 3 is 2.45 bits per heavy atom. The molecule has 1 aliphatic heterocycles. The summed E-state index contributed by atoms with van der Waals surface area (Å²) >= 11 is 0. The summed E-state index contributed by atoms with van der Waals surface area (Å²) in [6, 6.07) is 4.37. The van der Waals surface area contributed by atoms with Crippen LogP contribution in [0.1, 0.15) is 17.2 Å². The monoisotopic (exact) mass is 309 g/mol. The summed E-state index contributed by atoms with van der Waals surface area (Å²) < 4.78 is 37.6. The van der Waals surface area contributed by atoms with E-state index < -0.39 is 11.7 Å². The van der Waals surface area contributed by atoms with Crippen molar-refractivity contribution in [3.05, 3.63) is 35.7 Å². The maximum atomic E-state index is 12.5. The maximum Gasteiger partial charge on any atom is 0.417 e. The molecule has 0 spiro atoms. The number of pyridine rings is 1. The van der Waals surface area contributed by atoms with Crippen LogP contribution < -0.4 is 10.6 Å². The van der Waals surface area contributed by atoms with Crippen LogP contribution in [0.15, 0.2) is 24.4 Å². The van der Waals surface area contributed by atoms with E-state index in [0.29, 0.717) is 29.4 Å². The zero-order valence-electron chi connectivity index (χ0n) is 11.5. The molecule has 5 nitrogen and oxygen atoms in total. The standard InChI is InChI=1S/C14H14F3N5/c15-14(16,17)7-1-2-12(19-4-7)22-5-8-9(6-22)13(8)10-3-11(18)21-20-10/h1-4,8-9,13H,5-6H2,(H3,18,20,21)/t8-,9+,13+. The van der Waals surface area contributed by atoms with Gasteiger partial charge in [-0.1, -0.05) is 0 Å². The third-order valence-corrected chi connectivity index (χ3v) is 4.55. The lowest BCUT2D eigenvalue weighted by molar-refractivity contribution is -0.137. The van der Waals surface area contributed by atoms with Crippen molar-refractivity contribution in [1.29, 1.82) is 0 Å². The molecule has 3 N–H and O–H groups in total. The average molecular weight is 309 g/mol. The number of hydrogen-bond donors (Lipinski definition) is 2. The van der Waals surface area contributed by atoms with Gasteiger partial charge in [0.25, 0.3) is 0 Å². The van der Waals surface area contributed by atoms with E-state index in [1.165, 1.54) is 6.07 Å². The van der Waals surface area contributed by atoms with Crippen molar-refractivity contribution in [2.75, 3.05) is 23.7 Å². The molecule has 2 fully saturated rings. The van der Waals surface area contributed by atoms with Crippen molar-refractivity contribution in [3.63, 3.8) is 0 Å². The topological polar surface area (TPSA) is 70.8 Å². The Bertz CT molecular complexity index is 681. The molecule has 4 rings (SSSR count). The van der Waals surface area contributed by atoms with Gasteiger partial charge in [-0.2, -0.15) is 18.3 Å². The van der Waals surface area contributed by atoms with Gasteiger partial charge in [-0.05, 0) is 24.0 Å². The summed E-state index contributed by atoms with van der Waals surface area (Å²) in [5, 5.41) is 6.93. The predicted octanol–water partition coefficient (Wildman–Crippen LogP) is 2.26. The number of alkyl halides is 3. The van der Waals surface area contributed by atoms with E-state index >= 15 is 0 Å². The molecular formula is C14H14F3N5. The van der Waals surface area contributed by atoms with Crippen molar-refractivity contribution < 1.29 is 13.2 Å². The Morgan fingerprint density at radius 2 is 1.95 bits per heavy atom. The normalized spacial score (nSPS) is 27.0. The lowest BCUT2D eigenvalue weighted by Gasteiger charge is -2.20. The molecule has 22 heavy (non-hydrogen) atoms. The van der Waals surface area contributed by atoms with Crippen molar-refractivity contribution >= 4 is 11.6 Å². The van der Waals surface area contributed by atoms with E-state index in [9.17, 15) is 13.2 Å². The number of halogens is 3. The minimum absolute atomic E-state index is 0.402. The molecule has 116 valence electrons. The van der Waals surface area contributed by atoms with Gasteiger partial charge >= 0.3 is 6.18 Å². The highest BCUT2D eigenvalue weighted by Crippen LogP contribution is 2.58. The van der Waals surface area contributed by atoms with Gasteiger partial charge in [-0.15, -0.1) is 0 Å². The molecule has 3 atom stereocenters. The minimum atomic E-state index is -4.34. The van der Waals surface area contributed by atoms with Gasteiger partial charge in [0.1, 0.15) is 11.6 Å². The van der Waals surface area contributed by atoms with Crippen LogP contribution in [0, 0.1) is 11.8 Å². The lowest BCUT2D eigenvalue weighted by Crippen LogP contribution is -2.24. The molecule has 2 aliphatic rings. The van der Waals surface area contributed by atoms with Crippen LogP contribution in [0.4, 0.5) is 24.8 Å². The van der Waals surface area contributed by atoms with Crippen LogP contribution in [0.2, 0.25) is 0 Å². The van der Waals surface area contributed by atoms with E-state index in [4.69, 9.17) is 5.73 Å². The Morgan fingerprint density at radius 1 is 1.23 bits per heavy atom. The third kappa shape index (κ3) is 2.10. The van der Waals surface area contributed by atoms with E-state index in [-0.39, 0.29) is 0 Å². The van der Waals surface area contributed by atoms with Crippen LogP contribution >= 0.6 is 0 Å². The summed E-state index contributed by atoms with van der Waals surface area (Å²) in [5.41, 5.74) is 5.89. The Labute approximate surface area is 124 Å². The maximum absolute atomic E-state index is 12.5. The number of aromatic nitrogens is 3. The fourth-order valence-corrected chi connectivity index (χ4v) is 3.42. The Balaban J connectivity index is 1.43. The van der Waals surface area contributed by atoms with Gasteiger partial charge in [0, 0.05) is 31.3 Å². The minimum Gasteiger partial charge on any atom is -0.384 e. The summed E-state index contributed by atoms with van der Waals surface area (Å²) in [7, 11) is 0. The molecule has 8 heteroatoms. The highest BCUT2D eigenvalue weighted by Gasteiger charge is 2.57. The fraction of sp³-hybridized carbons (Fsp3) is 0.429. The van der Waals surface area contributed by atoms with Crippen LogP contribution in [0.3, 0.4) is 0 Å². The molecule has 0 radical (unpaired) electrons. The first kappa shape index (κ1) is 13.4. The number of nitrogens with two attached hydrogens (primary N) is 1. The van der Waals surface area contributed by atoms with Crippen LogP contribution in [-0.2, 0) is 6.18 Å². The molecule has 1 saturated heterocycles. The summed E-state index contributed by atoms with van der Waals surface area (Å²) in [6.07, 6.45) is -3.45. The Hall–Kier alpha value is -2.25. The summed E-state index contributed by atoms with van der Waals surface area (Å²) in [6.45, 7) is 1.58. The van der Waals surface area contributed by atoms with E-state index in [0.717, 1.165) is 31.0 Å². The number of nitrogens with zero attached hydrogens (tertiary/aromatic N) is 3. The lowest BCUT2D eigenvalue weighted by atomic mass is 10.2. The van der Waals surface area contributed by atoms with Gasteiger partial charge in [0.2, 0.25) is 0 Å². The van der Waals surface area contributed by atoms with Crippen molar-refractivity contribution in [2.24, 2.45) is 11.8 Å². The second kappa shape index (κ2) is 4.37. The van der Waals surface area contributed by atoms with E-state index in [2.05, 4.69) is 15.2 Å². The molecule has 1 aliphatic carbocycles. The van der Waals surface area contributed by atoms with Crippen molar-refractivity contribution in [2.45, 2.75) is 12.1 Å². The number of H-pyrrole nitrogens is 1. The Kier molecular flexibility index (Phi) is 2.67. The number of anilines is 2. The first-order chi connectivity index (χ1) is 10.4. The highest BCUT2D eigenvalue weighted by molar-refractivity contribution is 5.46. The average Bonchev–Trinajstić information content (AvgIpc) is 2.84. The predicted molar refractivity (Wildman–Crippen MR) is 74.2 cm³/mol. The molecule has 2 aromatic rings. The smallest absolute Gasteiger partial charge is 0.384 e. The summed E-state index contributed by atoms with van der Waals surface area (Å²) in [4.78, 5) is 5.98. The molecule has 0 unspecified atom stereocenters. The van der Waals surface area contributed by atoms with Crippen LogP contribution in [0.5, 0.6) is 0 Å². The van der Waals surface area contributed by atoms with E-state index in [1.807, 2.05) is 11.0 Å². The van der Waals surface area contributed by atoms with E-state index in [1.54, 1.807) is 0 Å².